The van der Waals surface area contributed by atoms with Gasteiger partial charge in [-0.3, -0.25) is 0 Å². The van der Waals surface area contributed by atoms with E-state index in [4.69, 9.17) is 4.52 Å². The van der Waals surface area contributed by atoms with E-state index in [1.807, 2.05) is 0 Å². The molecule has 0 bridgehead atoms. The number of carbonyl (C=O) groups is 1. The maximum atomic E-state index is 12.6. The van der Waals surface area contributed by atoms with Crippen molar-refractivity contribution in [2.24, 2.45) is 0 Å². The predicted octanol–water partition coefficient (Wildman–Crippen LogP) is 1.67. The van der Waals surface area contributed by atoms with Gasteiger partial charge in [0.1, 0.15) is 5.76 Å². The average molecular weight is 331 g/mol. The van der Waals surface area contributed by atoms with Crippen LogP contribution >= 0.6 is 0 Å². The SMILES string of the molecule is Cc1cc(CC2(S(=O)(=O)NN(C(=O)O)C(C)(C)C)CC2)no1. The van der Waals surface area contributed by atoms with E-state index >= 15 is 0 Å². The van der Waals surface area contributed by atoms with Gasteiger partial charge in [-0.15, -0.1) is 4.83 Å². The molecule has 8 nitrogen and oxygen atoms in total. The molecule has 9 heteroatoms. The van der Waals surface area contributed by atoms with E-state index in [-0.39, 0.29) is 6.42 Å². The topological polar surface area (TPSA) is 113 Å². The van der Waals surface area contributed by atoms with Crippen molar-refractivity contribution >= 4 is 16.1 Å². The Morgan fingerprint density at radius 3 is 2.45 bits per heavy atom. The molecule has 1 aromatic heterocycles. The van der Waals surface area contributed by atoms with E-state index in [9.17, 15) is 18.3 Å². The number of aryl methyl sites for hydroxylation is 1. The quantitative estimate of drug-likeness (QED) is 0.794. The second-order valence-corrected chi connectivity index (χ2v) is 8.73. The largest absolute Gasteiger partial charge is 0.464 e. The van der Waals surface area contributed by atoms with Crippen LogP contribution in [0.15, 0.2) is 10.6 Å². The Balaban J connectivity index is 2.20. The van der Waals surface area contributed by atoms with Crippen LogP contribution in [-0.4, -0.2) is 40.1 Å². The Morgan fingerprint density at radius 2 is 2.09 bits per heavy atom. The van der Waals surface area contributed by atoms with E-state index < -0.39 is 26.4 Å². The van der Waals surface area contributed by atoms with Gasteiger partial charge in [0.05, 0.1) is 16.0 Å². The Morgan fingerprint density at radius 1 is 1.50 bits per heavy atom. The summed E-state index contributed by atoms with van der Waals surface area (Å²) in [6, 6.07) is 1.69. The first-order valence-corrected chi connectivity index (χ1v) is 8.43. The Labute approximate surface area is 129 Å². The van der Waals surface area contributed by atoms with Gasteiger partial charge in [-0.25, -0.2) is 18.2 Å². The fourth-order valence-corrected chi connectivity index (χ4v) is 3.95. The van der Waals surface area contributed by atoms with Crippen molar-refractivity contribution in [3.63, 3.8) is 0 Å². The molecule has 0 saturated heterocycles. The number of hydrogen-bond donors (Lipinski definition) is 2. The van der Waals surface area contributed by atoms with E-state index in [1.54, 1.807) is 33.8 Å². The summed E-state index contributed by atoms with van der Waals surface area (Å²) in [5.41, 5.74) is -0.336. The highest BCUT2D eigenvalue weighted by Gasteiger charge is 2.56. The van der Waals surface area contributed by atoms with Crippen LogP contribution in [0.4, 0.5) is 4.79 Å². The van der Waals surface area contributed by atoms with Gasteiger partial charge in [0, 0.05) is 12.5 Å². The zero-order chi connectivity index (χ0) is 16.8. The maximum absolute atomic E-state index is 12.6. The summed E-state index contributed by atoms with van der Waals surface area (Å²) in [4.78, 5) is 13.5. The third-order valence-corrected chi connectivity index (χ3v) is 5.75. The lowest BCUT2D eigenvalue weighted by molar-refractivity contribution is 0.0853. The van der Waals surface area contributed by atoms with Crippen LogP contribution in [0.5, 0.6) is 0 Å². The molecule has 1 fully saturated rings. The molecule has 124 valence electrons. The number of nitrogens with one attached hydrogen (secondary N) is 1. The lowest BCUT2D eigenvalue weighted by Gasteiger charge is -2.34. The molecule has 1 heterocycles. The molecule has 1 amide bonds. The smallest absolute Gasteiger partial charge is 0.423 e. The minimum atomic E-state index is -3.85. The van der Waals surface area contributed by atoms with Crippen molar-refractivity contribution in [1.29, 1.82) is 0 Å². The number of nitrogens with zero attached hydrogens (tertiary/aromatic N) is 2. The molecule has 2 N–H and O–H groups in total. The highest BCUT2D eigenvalue weighted by Crippen LogP contribution is 2.45. The summed E-state index contributed by atoms with van der Waals surface area (Å²) >= 11 is 0. The molecule has 0 aliphatic heterocycles. The summed E-state index contributed by atoms with van der Waals surface area (Å²) in [5.74, 6) is 0.609. The lowest BCUT2D eigenvalue weighted by Crippen LogP contribution is -2.57. The van der Waals surface area contributed by atoms with Crippen LogP contribution in [0.1, 0.15) is 45.1 Å². The second-order valence-electron chi connectivity index (χ2n) is 6.67. The Bertz CT molecular complexity index is 670. The van der Waals surface area contributed by atoms with E-state index in [0.29, 0.717) is 24.3 Å². The van der Waals surface area contributed by atoms with E-state index in [0.717, 1.165) is 5.01 Å². The van der Waals surface area contributed by atoms with Gasteiger partial charge in [0.25, 0.3) is 0 Å². The number of amides is 1. The second kappa shape index (κ2) is 5.24. The third kappa shape index (κ3) is 3.25. The van der Waals surface area contributed by atoms with Crippen LogP contribution in [0, 0.1) is 6.92 Å². The minimum Gasteiger partial charge on any atom is -0.464 e. The van der Waals surface area contributed by atoms with Crippen molar-refractivity contribution in [3.05, 3.63) is 17.5 Å². The van der Waals surface area contributed by atoms with Gasteiger partial charge in [-0.05, 0) is 40.5 Å². The molecule has 0 spiro atoms. The van der Waals surface area contributed by atoms with Gasteiger partial charge >= 0.3 is 6.09 Å². The molecule has 1 aromatic rings. The molecular weight excluding hydrogens is 310 g/mol. The zero-order valence-electron chi connectivity index (χ0n) is 13.1. The van der Waals surface area contributed by atoms with Crippen LogP contribution in [-0.2, 0) is 16.4 Å². The molecular formula is C13H21N3O5S. The van der Waals surface area contributed by atoms with Crippen molar-refractivity contribution in [2.45, 2.75) is 57.2 Å². The maximum Gasteiger partial charge on any atom is 0.423 e. The minimum absolute atomic E-state index is 0.206. The highest BCUT2D eigenvalue weighted by atomic mass is 32.2. The first-order valence-electron chi connectivity index (χ1n) is 6.94. The fourth-order valence-electron chi connectivity index (χ4n) is 2.19. The Kier molecular flexibility index (Phi) is 3.99. The summed E-state index contributed by atoms with van der Waals surface area (Å²) in [7, 11) is -3.85. The number of aromatic nitrogens is 1. The van der Waals surface area contributed by atoms with Crippen molar-refractivity contribution in [3.8, 4) is 0 Å². The number of rotatable bonds is 5. The molecule has 0 radical (unpaired) electrons. The molecule has 1 aliphatic rings. The standard InChI is InChI=1S/C13H21N3O5S/c1-9-7-10(14-21-9)8-13(5-6-13)22(19,20)15-16(11(17)18)12(2,3)4/h7,15H,5-6,8H2,1-4H3,(H,17,18). The van der Waals surface area contributed by atoms with Crippen LogP contribution in [0.25, 0.3) is 0 Å². The average Bonchev–Trinajstić information content (AvgIpc) is 3.03. The van der Waals surface area contributed by atoms with E-state index in [2.05, 4.69) is 9.99 Å². The van der Waals surface area contributed by atoms with E-state index in [1.165, 1.54) is 0 Å². The number of hydrazine groups is 1. The molecule has 0 aromatic carbocycles. The first kappa shape index (κ1) is 16.8. The van der Waals surface area contributed by atoms with Crippen molar-refractivity contribution in [1.82, 2.24) is 15.0 Å². The molecule has 1 saturated carbocycles. The van der Waals surface area contributed by atoms with Gasteiger partial charge in [-0.2, -0.15) is 0 Å². The normalized spacial score (nSPS) is 17.3. The fraction of sp³-hybridized carbons (Fsp3) is 0.692. The molecule has 0 unspecified atom stereocenters. The summed E-state index contributed by atoms with van der Waals surface area (Å²) in [6.07, 6.45) is -0.209. The van der Waals surface area contributed by atoms with Crippen LogP contribution in [0.2, 0.25) is 0 Å². The highest BCUT2D eigenvalue weighted by molar-refractivity contribution is 7.91. The van der Waals surface area contributed by atoms with Crippen molar-refractivity contribution < 1.29 is 22.8 Å². The van der Waals surface area contributed by atoms with Crippen LogP contribution in [0.3, 0.4) is 0 Å². The first-order chi connectivity index (χ1) is 9.97. The molecule has 0 atom stereocenters. The van der Waals surface area contributed by atoms with Crippen LogP contribution < -0.4 is 4.83 Å². The Hall–Kier alpha value is -1.61. The lowest BCUT2D eigenvalue weighted by atomic mass is 10.1. The monoisotopic (exact) mass is 331 g/mol. The predicted molar refractivity (Wildman–Crippen MR) is 78.6 cm³/mol. The van der Waals surface area contributed by atoms with Gasteiger partial charge in [0.2, 0.25) is 10.0 Å². The molecule has 1 aliphatic carbocycles. The number of hydrogen-bond acceptors (Lipinski definition) is 5. The number of sulfonamides is 1. The molecule has 2 rings (SSSR count). The zero-order valence-corrected chi connectivity index (χ0v) is 13.9. The number of carboxylic acid groups (broad SMARTS) is 1. The van der Waals surface area contributed by atoms with Gasteiger partial charge < -0.3 is 9.63 Å². The third-order valence-electron chi connectivity index (χ3n) is 3.63. The summed E-state index contributed by atoms with van der Waals surface area (Å²) < 4.78 is 29.2. The van der Waals surface area contributed by atoms with Crippen molar-refractivity contribution in [2.75, 3.05) is 0 Å². The summed E-state index contributed by atoms with van der Waals surface area (Å²) in [6.45, 7) is 6.58. The van der Waals surface area contributed by atoms with Gasteiger partial charge in [-0.1, -0.05) is 5.16 Å². The summed E-state index contributed by atoms with van der Waals surface area (Å²) in [5, 5.41) is 13.8. The molecule has 22 heavy (non-hydrogen) atoms. The van der Waals surface area contributed by atoms with Gasteiger partial charge in [0.15, 0.2) is 0 Å².